The van der Waals surface area contributed by atoms with Gasteiger partial charge in [0.15, 0.2) is 5.65 Å². The normalized spacial score (nSPS) is 24.6. The maximum Gasteiger partial charge on any atom is 0.156 e. The topological polar surface area (TPSA) is 83.0 Å². The lowest BCUT2D eigenvalue weighted by atomic mass is 9.66. The molecule has 2 aliphatic heterocycles. The molecule has 3 fully saturated rings. The van der Waals surface area contributed by atoms with Crippen LogP contribution in [0.2, 0.25) is 0 Å². The van der Waals surface area contributed by atoms with Gasteiger partial charge in [0.05, 0.1) is 23.3 Å². The van der Waals surface area contributed by atoms with E-state index in [9.17, 15) is 0 Å². The predicted octanol–water partition coefficient (Wildman–Crippen LogP) is 2.52. The van der Waals surface area contributed by atoms with Crippen LogP contribution < -0.4 is 5.32 Å². The smallest absolute Gasteiger partial charge is 0.156 e. The summed E-state index contributed by atoms with van der Waals surface area (Å²) in [5.74, 6) is 1.22. The molecule has 28 heavy (non-hydrogen) atoms. The monoisotopic (exact) mass is 382 g/mol. The fourth-order valence-corrected chi connectivity index (χ4v) is 5.70. The summed E-state index contributed by atoms with van der Waals surface area (Å²) < 4.78 is 7.93. The lowest BCUT2D eigenvalue weighted by molar-refractivity contribution is 0.0807. The summed E-state index contributed by atoms with van der Waals surface area (Å²) in [4.78, 5) is 9.78. The molecule has 0 atom stereocenters. The van der Waals surface area contributed by atoms with Crippen LogP contribution in [0.25, 0.3) is 11.2 Å². The van der Waals surface area contributed by atoms with E-state index in [1.165, 1.54) is 61.4 Å². The number of ether oxygens (including phenoxy) is 1. The highest BCUT2D eigenvalue weighted by molar-refractivity contribution is 5.73. The molecule has 4 heterocycles. The van der Waals surface area contributed by atoms with Gasteiger partial charge < -0.3 is 15.5 Å². The highest BCUT2D eigenvalue weighted by Gasteiger charge is 2.40. The van der Waals surface area contributed by atoms with Crippen molar-refractivity contribution in [1.82, 2.24) is 19.7 Å². The zero-order valence-corrected chi connectivity index (χ0v) is 16.4. The zero-order chi connectivity index (χ0) is 17.8. The number of aromatic nitrogens is 3. The van der Waals surface area contributed by atoms with E-state index in [1.54, 1.807) is 0 Å². The van der Waals surface area contributed by atoms with Gasteiger partial charge in [-0.3, -0.25) is 9.38 Å². The minimum atomic E-state index is 0. The number of hydrogen-bond donors (Lipinski definition) is 1. The van der Waals surface area contributed by atoms with Gasteiger partial charge >= 0.3 is 0 Å². The Bertz CT molecular complexity index is 899. The second-order valence-corrected chi connectivity index (χ2v) is 9.08. The summed E-state index contributed by atoms with van der Waals surface area (Å²) in [5.41, 5.74) is 6.94. The molecule has 2 aromatic heterocycles. The van der Waals surface area contributed by atoms with Crippen LogP contribution in [-0.4, -0.2) is 46.1 Å². The van der Waals surface area contributed by atoms with Crippen LogP contribution in [0.4, 0.5) is 0 Å². The van der Waals surface area contributed by atoms with Crippen molar-refractivity contribution in [2.24, 2.45) is 11.3 Å². The van der Waals surface area contributed by atoms with Gasteiger partial charge in [-0.05, 0) is 55.4 Å². The number of rotatable bonds is 2. The quantitative estimate of drug-likeness (QED) is 0.865. The molecular formula is C22H30N4O2. The molecule has 0 bridgehead atoms. The molecule has 0 radical (unpaired) electrons. The maximum absolute atomic E-state index is 5.58. The van der Waals surface area contributed by atoms with E-state index < -0.39 is 0 Å². The number of nitrogens with zero attached hydrogens (tertiary/aromatic N) is 3. The fourth-order valence-electron chi connectivity index (χ4n) is 5.70. The lowest BCUT2D eigenvalue weighted by Gasteiger charge is -2.47. The van der Waals surface area contributed by atoms with Crippen molar-refractivity contribution in [3.05, 3.63) is 35.6 Å². The number of imidazole rings is 1. The van der Waals surface area contributed by atoms with Crippen LogP contribution in [0.5, 0.6) is 0 Å². The Morgan fingerprint density at radius 1 is 1.07 bits per heavy atom. The van der Waals surface area contributed by atoms with Crippen LogP contribution in [-0.2, 0) is 11.2 Å². The first-order valence-electron chi connectivity index (χ1n) is 10.7. The average molecular weight is 383 g/mol. The van der Waals surface area contributed by atoms with E-state index in [0.29, 0.717) is 17.3 Å². The first kappa shape index (κ1) is 18.3. The van der Waals surface area contributed by atoms with Crippen molar-refractivity contribution >= 4 is 11.2 Å². The summed E-state index contributed by atoms with van der Waals surface area (Å²) in [5, 5.41) is 3.47. The van der Waals surface area contributed by atoms with Crippen LogP contribution >= 0.6 is 0 Å². The Morgan fingerprint density at radius 3 is 2.57 bits per heavy atom. The minimum Gasteiger partial charge on any atom is -0.412 e. The van der Waals surface area contributed by atoms with Gasteiger partial charge in [-0.1, -0.05) is 6.08 Å². The van der Waals surface area contributed by atoms with E-state index >= 15 is 0 Å². The summed E-state index contributed by atoms with van der Waals surface area (Å²) in [6.45, 7) is 4.21. The van der Waals surface area contributed by atoms with Gasteiger partial charge in [-0.2, -0.15) is 0 Å². The molecule has 0 unspecified atom stereocenters. The zero-order valence-electron chi connectivity index (χ0n) is 16.4. The summed E-state index contributed by atoms with van der Waals surface area (Å²) >= 11 is 0. The van der Waals surface area contributed by atoms with Gasteiger partial charge in [0, 0.05) is 44.8 Å². The third-order valence-electron chi connectivity index (χ3n) is 7.52. The van der Waals surface area contributed by atoms with Crippen molar-refractivity contribution < 1.29 is 10.2 Å². The molecule has 6 nitrogen and oxygen atoms in total. The SMILES string of the molecule is C1=C(C2CCOCC2)c2c(ncc3nc(C4CCC5(CC4)CNC5)cn23)C1.O. The maximum atomic E-state index is 5.58. The molecule has 2 saturated heterocycles. The molecule has 0 amide bonds. The molecule has 2 aromatic rings. The molecule has 6 heteroatoms. The van der Waals surface area contributed by atoms with E-state index in [4.69, 9.17) is 14.7 Å². The molecule has 1 saturated carbocycles. The van der Waals surface area contributed by atoms with E-state index in [-0.39, 0.29) is 5.48 Å². The molecule has 150 valence electrons. The predicted molar refractivity (Wildman–Crippen MR) is 108 cm³/mol. The Labute approximate surface area is 165 Å². The van der Waals surface area contributed by atoms with Crippen LogP contribution in [0.3, 0.4) is 0 Å². The number of allylic oxidation sites excluding steroid dienone is 2. The number of hydrogen-bond acceptors (Lipinski definition) is 4. The molecule has 1 spiro atoms. The first-order valence-corrected chi connectivity index (χ1v) is 10.7. The van der Waals surface area contributed by atoms with Gasteiger partial charge in [0.1, 0.15) is 0 Å². The number of nitrogens with one attached hydrogen (secondary N) is 1. The Hall–Kier alpha value is -1.76. The van der Waals surface area contributed by atoms with Crippen molar-refractivity contribution in [3.8, 4) is 0 Å². The van der Waals surface area contributed by atoms with E-state index in [2.05, 4.69) is 22.0 Å². The molecule has 0 aromatic carbocycles. The highest BCUT2D eigenvalue weighted by atomic mass is 16.5. The molecule has 4 aliphatic rings. The van der Waals surface area contributed by atoms with Crippen LogP contribution in [0.1, 0.15) is 61.5 Å². The van der Waals surface area contributed by atoms with Crippen LogP contribution in [0, 0.1) is 11.3 Å². The summed E-state index contributed by atoms with van der Waals surface area (Å²) in [6.07, 6.45) is 15.2. The number of fused-ring (bicyclic) bond motifs is 3. The third-order valence-corrected chi connectivity index (χ3v) is 7.52. The van der Waals surface area contributed by atoms with Crippen molar-refractivity contribution in [2.45, 2.75) is 50.9 Å². The largest absolute Gasteiger partial charge is 0.412 e. The van der Waals surface area contributed by atoms with Crippen molar-refractivity contribution in [1.29, 1.82) is 0 Å². The second kappa shape index (κ2) is 6.94. The molecule has 2 aliphatic carbocycles. The molecular weight excluding hydrogens is 352 g/mol. The molecule has 3 N–H and O–H groups in total. The summed E-state index contributed by atoms with van der Waals surface area (Å²) in [7, 11) is 0. The first-order chi connectivity index (χ1) is 13.3. The van der Waals surface area contributed by atoms with Crippen molar-refractivity contribution in [3.63, 3.8) is 0 Å². The van der Waals surface area contributed by atoms with Gasteiger partial charge in [0.25, 0.3) is 0 Å². The van der Waals surface area contributed by atoms with Crippen molar-refractivity contribution in [2.75, 3.05) is 26.3 Å². The Morgan fingerprint density at radius 2 is 1.86 bits per heavy atom. The van der Waals surface area contributed by atoms with Gasteiger partial charge in [-0.25, -0.2) is 4.98 Å². The average Bonchev–Trinajstić information content (AvgIpc) is 3.31. The van der Waals surface area contributed by atoms with E-state index in [1.807, 2.05) is 6.20 Å². The highest BCUT2D eigenvalue weighted by Crippen LogP contribution is 2.45. The molecule has 6 rings (SSSR count). The third kappa shape index (κ3) is 2.81. The van der Waals surface area contributed by atoms with Gasteiger partial charge in [0.2, 0.25) is 0 Å². The second-order valence-electron chi connectivity index (χ2n) is 9.08. The minimum absolute atomic E-state index is 0. The Balaban J connectivity index is 0.00000171. The van der Waals surface area contributed by atoms with Crippen LogP contribution in [0.15, 0.2) is 18.5 Å². The summed E-state index contributed by atoms with van der Waals surface area (Å²) in [6, 6.07) is 0. The fraction of sp³-hybridized carbons (Fsp3) is 0.636. The van der Waals surface area contributed by atoms with E-state index in [0.717, 1.165) is 38.1 Å². The lowest BCUT2D eigenvalue weighted by Crippen LogP contribution is -2.54. The standard InChI is InChI=1S/C22H28N4O.H2O/c1-2-18-21(17(1)15-5-9-27-10-6-15)26-12-19(25-20(26)11-24-18)16-3-7-22(8-4-16)13-23-14-22;/h1,11-12,15-16,23H,2-10,13-14H2;1H2. The van der Waals surface area contributed by atoms with Gasteiger partial charge in [-0.15, -0.1) is 0 Å². The Kier molecular flexibility index (Phi) is 4.53.